The maximum atomic E-state index is 14.2. The van der Waals surface area contributed by atoms with Crippen LogP contribution in [0.2, 0.25) is 0 Å². The molecule has 17 heteroatoms. The van der Waals surface area contributed by atoms with Crippen LogP contribution < -0.4 is 21.7 Å². The van der Waals surface area contributed by atoms with Crippen LogP contribution in [0.4, 0.5) is 0 Å². The molecule has 2 aromatic rings. The first-order valence-corrected chi connectivity index (χ1v) is 18.5. The molecule has 0 unspecified atom stereocenters. The Morgan fingerprint density at radius 3 is 1.70 bits per heavy atom. The molecule has 0 spiro atoms. The molecule has 2 aromatic carbocycles. The molecular formula is C36H36N6O9S2. The van der Waals surface area contributed by atoms with E-state index in [0.29, 0.717) is 22.5 Å². The molecule has 5 amide bonds. The summed E-state index contributed by atoms with van der Waals surface area (Å²) in [4.78, 5) is 82.6. The first-order chi connectivity index (χ1) is 25.4. The predicted octanol–water partition coefficient (Wildman–Crippen LogP) is 1.50. The van der Waals surface area contributed by atoms with E-state index in [9.17, 15) is 44.1 Å². The maximum absolute atomic E-state index is 14.2. The number of aliphatic carboxylic acids is 1. The number of carboxylic acid groups (broad SMARTS) is 1. The van der Waals surface area contributed by atoms with Crippen molar-refractivity contribution in [2.45, 2.75) is 48.8 Å². The fourth-order valence-corrected chi connectivity index (χ4v) is 9.08. The van der Waals surface area contributed by atoms with Crippen LogP contribution in [0.3, 0.4) is 0 Å². The highest BCUT2D eigenvalue weighted by molar-refractivity contribution is 8.00. The molecule has 4 heterocycles. The summed E-state index contributed by atoms with van der Waals surface area (Å²) in [5.41, 5.74) is 7.58. The van der Waals surface area contributed by atoms with Gasteiger partial charge >= 0.3 is 5.97 Å². The molecule has 53 heavy (non-hydrogen) atoms. The zero-order valence-electron chi connectivity index (χ0n) is 28.4. The lowest BCUT2D eigenvalue weighted by Gasteiger charge is -2.50. The van der Waals surface area contributed by atoms with E-state index in [1.807, 2.05) is 0 Å². The van der Waals surface area contributed by atoms with Crippen molar-refractivity contribution in [3.05, 3.63) is 107 Å². The minimum Gasteiger partial charge on any atom is -0.508 e. The molecule has 6 rings (SSSR count). The highest BCUT2D eigenvalue weighted by Crippen LogP contribution is 2.42. The van der Waals surface area contributed by atoms with E-state index in [0.717, 1.165) is 4.90 Å². The lowest BCUT2D eigenvalue weighted by molar-refractivity contribution is -0.151. The molecule has 276 valence electrons. The topological polar surface area (TPSA) is 232 Å². The Morgan fingerprint density at radius 2 is 1.21 bits per heavy atom. The van der Waals surface area contributed by atoms with E-state index in [1.54, 1.807) is 38.2 Å². The van der Waals surface area contributed by atoms with Crippen LogP contribution in [0.1, 0.15) is 37.1 Å². The van der Waals surface area contributed by atoms with Gasteiger partial charge < -0.3 is 37.0 Å². The number of fused-ring (bicyclic) bond motifs is 2. The van der Waals surface area contributed by atoms with Gasteiger partial charge in [0.25, 0.3) is 17.7 Å². The second kappa shape index (κ2) is 15.2. The summed E-state index contributed by atoms with van der Waals surface area (Å²) in [5, 5.41) is 36.1. The molecule has 4 aliphatic heterocycles. The van der Waals surface area contributed by atoms with E-state index in [4.69, 9.17) is 5.73 Å². The number of carbonyl (C=O) groups is 6. The number of carbonyl (C=O) groups excluding carboxylic acids is 5. The van der Waals surface area contributed by atoms with Gasteiger partial charge in [0.2, 0.25) is 11.8 Å². The van der Waals surface area contributed by atoms with Crippen molar-refractivity contribution in [1.82, 2.24) is 25.8 Å². The summed E-state index contributed by atoms with van der Waals surface area (Å²) in [6.45, 7) is 3.48. The normalized spacial score (nSPS) is 23.5. The summed E-state index contributed by atoms with van der Waals surface area (Å²) < 4.78 is 0. The Hall–Kier alpha value is -5.52. The number of hydrogen-bond acceptors (Lipinski definition) is 11. The number of phenols is 2. The number of phenolic OH excluding ortho intramolecular Hbond substituents is 2. The molecule has 0 aromatic heterocycles. The SMILES string of the molecule is C/C=C\C1=C(C(=O)O)N2C(=O)[C@@H](NC(=O)[C@H](NC(=O)C3=C(/C=C\C)CS[C@@H]4[C@H](NC(=O)[C@H](N)c5ccc(O)cc5)C(=O)N34)c3ccc(O)cc3)[C@H]2SC1. The summed E-state index contributed by atoms with van der Waals surface area (Å²) >= 11 is 2.62. The quantitative estimate of drug-likeness (QED) is 0.162. The average molecular weight is 761 g/mol. The van der Waals surface area contributed by atoms with Crippen molar-refractivity contribution < 1.29 is 44.1 Å². The van der Waals surface area contributed by atoms with Gasteiger partial charge in [-0.15, -0.1) is 23.5 Å². The van der Waals surface area contributed by atoms with Gasteiger partial charge in [-0.2, -0.15) is 0 Å². The lowest BCUT2D eigenvalue weighted by Crippen LogP contribution is -2.72. The third kappa shape index (κ3) is 7.02. The smallest absolute Gasteiger partial charge is 0.352 e. The molecule has 8 N–H and O–H groups in total. The Balaban J connectivity index is 1.22. The third-order valence-electron chi connectivity index (χ3n) is 9.04. The highest BCUT2D eigenvalue weighted by atomic mass is 32.2. The number of aromatic hydroxyl groups is 2. The summed E-state index contributed by atoms with van der Waals surface area (Å²) in [5.74, 6) is -4.17. The number of benzene rings is 2. The average Bonchev–Trinajstić information content (AvgIpc) is 3.14. The largest absolute Gasteiger partial charge is 0.508 e. The molecule has 2 fully saturated rings. The molecular weight excluding hydrogens is 725 g/mol. The Labute approximate surface area is 312 Å². The van der Waals surface area contributed by atoms with Gasteiger partial charge in [0.1, 0.15) is 57.8 Å². The van der Waals surface area contributed by atoms with E-state index in [1.165, 1.54) is 77.0 Å². The van der Waals surface area contributed by atoms with Crippen molar-refractivity contribution in [2.75, 3.05) is 11.5 Å². The Bertz CT molecular complexity index is 2000. The summed E-state index contributed by atoms with van der Waals surface area (Å²) in [6.07, 6.45) is 6.67. The fourth-order valence-electron chi connectivity index (χ4n) is 6.44. The molecule has 4 aliphatic rings. The standard InChI is InChI=1S/C36H36N6O9S2/c1-3-5-19-15-52-34-25(39-29(45)23(37)17-7-11-21(43)12-8-17)32(48)41(34)27(19)31(47)38-24(18-9-13-22(44)14-10-18)30(46)40-26-33(49)42-28(36(50)51)20(6-4-2)16-53-35(26)42/h3-14,23-26,34-35,43-44H,15-16,37H2,1-2H3,(H,38,47)(H,39,45)(H,40,46)(H,50,51)/b5-3-,6-4-/t23-,24-,25-,26-,34-,35-/m1/s1. The molecule has 6 atom stereocenters. The van der Waals surface area contributed by atoms with Gasteiger partial charge in [-0.1, -0.05) is 48.6 Å². The Kier molecular flexibility index (Phi) is 10.7. The fraction of sp³-hybridized carbons (Fsp3) is 0.278. The van der Waals surface area contributed by atoms with Gasteiger partial charge in [-0.05, 0) is 60.4 Å². The number of nitrogens with one attached hydrogen (secondary N) is 3. The zero-order chi connectivity index (χ0) is 38.1. The number of nitrogens with two attached hydrogens (primary N) is 1. The monoisotopic (exact) mass is 760 g/mol. The van der Waals surface area contributed by atoms with Crippen LogP contribution >= 0.6 is 23.5 Å². The first-order valence-electron chi connectivity index (χ1n) is 16.5. The van der Waals surface area contributed by atoms with E-state index in [-0.39, 0.29) is 34.2 Å². The first kappa shape index (κ1) is 37.2. The highest BCUT2D eigenvalue weighted by Gasteiger charge is 2.56. The predicted molar refractivity (Wildman–Crippen MR) is 195 cm³/mol. The number of nitrogens with zero attached hydrogens (tertiary/aromatic N) is 2. The zero-order valence-corrected chi connectivity index (χ0v) is 30.0. The minimum absolute atomic E-state index is 0.00125. The van der Waals surface area contributed by atoms with Crippen LogP contribution in [-0.4, -0.2) is 95.0 Å². The number of allylic oxidation sites excluding steroid dienone is 4. The summed E-state index contributed by atoms with van der Waals surface area (Å²) in [6, 6.07) is 6.66. The molecule has 15 nitrogen and oxygen atoms in total. The van der Waals surface area contributed by atoms with Crippen molar-refractivity contribution in [1.29, 1.82) is 0 Å². The Morgan fingerprint density at radius 1 is 0.755 bits per heavy atom. The number of amides is 5. The van der Waals surface area contributed by atoms with E-state index in [2.05, 4.69) is 16.0 Å². The number of β-lactam (4-membered cyclic amide) rings is 2. The number of hydrogen-bond donors (Lipinski definition) is 7. The number of carboxylic acids is 1. The maximum Gasteiger partial charge on any atom is 0.352 e. The van der Waals surface area contributed by atoms with Crippen molar-refractivity contribution in [3.8, 4) is 11.5 Å². The van der Waals surface area contributed by atoms with E-state index >= 15 is 0 Å². The second-order valence-corrected chi connectivity index (χ2v) is 14.6. The number of thioether (sulfide) groups is 2. The molecule has 2 saturated heterocycles. The van der Waals surface area contributed by atoms with Crippen LogP contribution in [-0.2, 0) is 28.8 Å². The molecule has 0 bridgehead atoms. The lowest BCUT2D eigenvalue weighted by atomic mass is 9.99. The van der Waals surface area contributed by atoms with Crippen LogP contribution in [0.15, 0.2) is 95.4 Å². The van der Waals surface area contributed by atoms with Crippen LogP contribution in [0.25, 0.3) is 0 Å². The molecule has 0 saturated carbocycles. The molecule has 0 aliphatic carbocycles. The minimum atomic E-state index is -1.41. The van der Waals surface area contributed by atoms with Gasteiger partial charge in [-0.3, -0.25) is 33.8 Å². The van der Waals surface area contributed by atoms with E-state index < -0.39 is 70.4 Å². The summed E-state index contributed by atoms with van der Waals surface area (Å²) in [7, 11) is 0. The second-order valence-electron chi connectivity index (χ2n) is 12.4. The van der Waals surface area contributed by atoms with Gasteiger partial charge in [-0.25, -0.2) is 4.79 Å². The van der Waals surface area contributed by atoms with Crippen molar-refractivity contribution in [2.24, 2.45) is 5.73 Å². The van der Waals surface area contributed by atoms with Crippen LogP contribution in [0, 0.1) is 0 Å². The van der Waals surface area contributed by atoms with Gasteiger partial charge in [0.15, 0.2) is 0 Å². The van der Waals surface area contributed by atoms with Crippen molar-refractivity contribution >= 4 is 59.0 Å². The van der Waals surface area contributed by atoms with Crippen molar-refractivity contribution in [3.63, 3.8) is 0 Å². The van der Waals surface area contributed by atoms with Gasteiger partial charge in [0.05, 0.1) is 0 Å². The van der Waals surface area contributed by atoms with Crippen LogP contribution in [0.5, 0.6) is 11.5 Å². The molecule has 0 radical (unpaired) electrons. The third-order valence-corrected chi connectivity index (χ3v) is 11.6. The number of rotatable bonds is 11. The van der Waals surface area contributed by atoms with Gasteiger partial charge in [0, 0.05) is 11.5 Å².